The van der Waals surface area contributed by atoms with E-state index in [1.807, 2.05) is 12.3 Å². The molecule has 1 aliphatic carbocycles. The normalized spacial score (nSPS) is 19.7. The van der Waals surface area contributed by atoms with Crippen LogP contribution in [-0.4, -0.2) is 68.5 Å². The highest BCUT2D eigenvalue weighted by Gasteiger charge is 2.25. The van der Waals surface area contributed by atoms with Gasteiger partial charge in [-0.05, 0) is 44.6 Å². The predicted octanol–water partition coefficient (Wildman–Crippen LogP) is 3.47. The van der Waals surface area contributed by atoms with E-state index in [0.717, 1.165) is 62.9 Å². The standard InChI is InChI=1S/C22H36N4O3.HI/c1-3-23-22(26-11-10-19(16-26)17-28-13-12-27-2)25-15-18-8-9-21(24-14-18)29-20-6-4-5-7-20;/h8-9,14,19-20H,3-7,10-13,15-17H2,1-2H3,(H,23,25);1H. The number of guanidine groups is 1. The molecular weight excluding hydrogens is 495 g/mol. The van der Waals surface area contributed by atoms with Crippen LogP contribution in [-0.2, 0) is 16.0 Å². The molecule has 30 heavy (non-hydrogen) atoms. The molecule has 2 heterocycles. The van der Waals surface area contributed by atoms with Crippen molar-refractivity contribution >= 4 is 29.9 Å². The number of nitrogens with one attached hydrogen (secondary N) is 1. The molecule has 2 aliphatic rings. The Morgan fingerprint density at radius 2 is 2.07 bits per heavy atom. The minimum atomic E-state index is 0. The number of aliphatic imine (C=N–C) groups is 1. The van der Waals surface area contributed by atoms with Crippen molar-refractivity contribution in [3.8, 4) is 5.88 Å². The smallest absolute Gasteiger partial charge is 0.213 e. The Bertz CT molecular complexity index is 623. The molecule has 7 nitrogen and oxygen atoms in total. The van der Waals surface area contributed by atoms with Gasteiger partial charge in [-0.15, -0.1) is 24.0 Å². The van der Waals surface area contributed by atoms with Gasteiger partial charge in [0.25, 0.3) is 0 Å². The van der Waals surface area contributed by atoms with Crippen LogP contribution in [0.3, 0.4) is 0 Å². The summed E-state index contributed by atoms with van der Waals surface area (Å²) in [6, 6.07) is 4.04. The fourth-order valence-electron chi connectivity index (χ4n) is 3.90. The monoisotopic (exact) mass is 532 g/mol. The topological polar surface area (TPSA) is 68.2 Å². The van der Waals surface area contributed by atoms with E-state index in [9.17, 15) is 0 Å². The lowest BCUT2D eigenvalue weighted by molar-refractivity contribution is 0.0536. The lowest BCUT2D eigenvalue weighted by Gasteiger charge is -2.21. The summed E-state index contributed by atoms with van der Waals surface area (Å²) in [7, 11) is 1.70. The van der Waals surface area contributed by atoms with E-state index < -0.39 is 0 Å². The van der Waals surface area contributed by atoms with Crippen molar-refractivity contribution in [3.05, 3.63) is 23.9 Å². The first kappa shape index (κ1) is 25.1. The Balaban J connectivity index is 0.00000320. The number of halogens is 1. The van der Waals surface area contributed by atoms with Gasteiger partial charge >= 0.3 is 0 Å². The number of likely N-dealkylation sites (tertiary alicyclic amines) is 1. The van der Waals surface area contributed by atoms with Gasteiger partial charge in [0.1, 0.15) is 6.10 Å². The third kappa shape index (κ3) is 8.19. The molecular formula is C22H37IN4O3. The van der Waals surface area contributed by atoms with Gasteiger partial charge in [-0.1, -0.05) is 6.07 Å². The summed E-state index contributed by atoms with van der Waals surface area (Å²) in [5.41, 5.74) is 1.10. The fourth-order valence-corrected chi connectivity index (χ4v) is 3.90. The van der Waals surface area contributed by atoms with Crippen LogP contribution in [0.4, 0.5) is 0 Å². The number of hydrogen-bond donors (Lipinski definition) is 1. The summed E-state index contributed by atoms with van der Waals surface area (Å²) in [4.78, 5) is 11.6. The molecule has 1 unspecified atom stereocenters. The van der Waals surface area contributed by atoms with Crippen LogP contribution in [0.15, 0.2) is 23.3 Å². The van der Waals surface area contributed by atoms with Gasteiger partial charge in [-0.25, -0.2) is 9.98 Å². The van der Waals surface area contributed by atoms with Crippen molar-refractivity contribution in [3.63, 3.8) is 0 Å². The first-order chi connectivity index (χ1) is 14.3. The van der Waals surface area contributed by atoms with Gasteiger partial charge < -0.3 is 24.4 Å². The number of ether oxygens (including phenoxy) is 3. The van der Waals surface area contributed by atoms with E-state index in [1.165, 1.54) is 12.8 Å². The molecule has 0 amide bonds. The fraction of sp³-hybridized carbons (Fsp3) is 0.727. The summed E-state index contributed by atoms with van der Waals surface area (Å²) in [6.45, 7) is 7.66. The van der Waals surface area contributed by atoms with E-state index in [2.05, 4.69) is 28.2 Å². The molecule has 170 valence electrons. The second kappa shape index (κ2) is 14.0. The van der Waals surface area contributed by atoms with Crippen LogP contribution < -0.4 is 10.1 Å². The molecule has 8 heteroatoms. The van der Waals surface area contributed by atoms with Crippen LogP contribution in [0.2, 0.25) is 0 Å². The van der Waals surface area contributed by atoms with E-state index >= 15 is 0 Å². The highest BCUT2D eigenvalue weighted by molar-refractivity contribution is 14.0. The Labute approximate surface area is 198 Å². The third-order valence-corrected chi connectivity index (χ3v) is 5.50. The molecule has 1 aromatic rings. The zero-order chi connectivity index (χ0) is 20.3. The largest absolute Gasteiger partial charge is 0.474 e. The van der Waals surface area contributed by atoms with Crippen molar-refractivity contribution in [1.29, 1.82) is 0 Å². The molecule has 0 aromatic carbocycles. The van der Waals surface area contributed by atoms with E-state index in [1.54, 1.807) is 7.11 Å². The summed E-state index contributed by atoms with van der Waals surface area (Å²) in [5.74, 6) is 2.25. The molecule has 1 atom stereocenters. The van der Waals surface area contributed by atoms with Crippen molar-refractivity contribution in [2.75, 3.05) is 46.6 Å². The van der Waals surface area contributed by atoms with Crippen LogP contribution in [0.5, 0.6) is 5.88 Å². The molecule has 0 bridgehead atoms. The van der Waals surface area contributed by atoms with Gasteiger partial charge in [-0.2, -0.15) is 0 Å². The van der Waals surface area contributed by atoms with Crippen LogP contribution >= 0.6 is 24.0 Å². The zero-order valence-corrected chi connectivity index (χ0v) is 20.7. The molecule has 1 saturated heterocycles. The Hall–Kier alpha value is -1.13. The van der Waals surface area contributed by atoms with Crippen LogP contribution in [0, 0.1) is 5.92 Å². The van der Waals surface area contributed by atoms with Crippen molar-refractivity contribution in [2.45, 2.75) is 51.7 Å². The number of aromatic nitrogens is 1. The maximum absolute atomic E-state index is 5.95. The lowest BCUT2D eigenvalue weighted by Crippen LogP contribution is -2.40. The highest BCUT2D eigenvalue weighted by atomic mass is 127. The lowest BCUT2D eigenvalue weighted by atomic mass is 10.1. The molecule has 1 aromatic heterocycles. The summed E-state index contributed by atoms with van der Waals surface area (Å²) in [6.07, 6.45) is 8.18. The molecule has 0 radical (unpaired) electrons. The maximum Gasteiger partial charge on any atom is 0.213 e. The number of methoxy groups -OCH3 is 1. The van der Waals surface area contributed by atoms with Gasteiger partial charge in [0.15, 0.2) is 5.96 Å². The van der Waals surface area contributed by atoms with Gasteiger partial charge in [-0.3, -0.25) is 0 Å². The van der Waals surface area contributed by atoms with Gasteiger partial charge in [0, 0.05) is 44.9 Å². The Morgan fingerprint density at radius 3 is 2.77 bits per heavy atom. The second-order valence-corrected chi connectivity index (χ2v) is 7.87. The molecule has 1 N–H and O–H groups in total. The SMILES string of the molecule is CCNC(=NCc1ccc(OC2CCCC2)nc1)N1CCC(COCCOC)C1.I. The van der Waals surface area contributed by atoms with Crippen LogP contribution in [0.25, 0.3) is 0 Å². The average molecular weight is 532 g/mol. The molecule has 2 fully saturated rings. The molecule has 0 spiro atoms. The molecule has 1 aliphatic heterocycles. The average Bonchev–Trinajstić information content (AvgIpc) is 3.42. The summed E-state index contributed by atoms with van der Waals surface area (Å²) >= 11 is 0. The number of hydrogen-bond acceptors (Lipinski definition) is 5. The Morgan fingerprint density at radius 1 is 1.23 bits per heavy atom. The molecule has 1 saturated carbocycles. The summed E-state index contributed by atoms with van der Waals surface area (Å²) < 4.78 is 16.7. The number of rotatable bonds is 10. The number of nitrogens with zero attached hydrogens (tertiary/aromatic N) is 3. The van der Waals surface area contributed by atoms with Crippen molar-refractivity contribution in [1.82, 2.24) is 15.2 Å². The second-order valence-electron chi connectivity index (χ2n) is 7.87. The van der Waals surface area contributed by atoms with Gasteiger partial charge in [0.05, 0.1) is 26.4 Å². The molecule has 3 rings (SSSR count). The minimum Gasteiger partial charge on any atom is -0.474 e. The number of pyridine rings is 1. The van der Waals surface area contributed by atoms with Gasteiger partial charge in [0.2, 0.25) is 5.88 Å². The highest BCUT2D eigenvalue weighted by Crippen LogP contribution is 2.23. The minimum absolute atomic E-state index is 0. The summed E-state index contributed by atoms with van der Waals surface area (Å²) in [5, 5.41) is 3.42. The van der Waals surface area contributed by atoms with E-state index in [-0.39, 0.29) is 24.0 Å². The van der Waals surface area contributed by atoms with Crippen molar-refractivity contribution < 1.29 is 14.2 Å². The predicted molar refractivity (Wildman–Crippen MR) is 130 cm³/mol. The first-order valence-electron chi connectivity index (χ1n) is 11.0. The van der Waals surface area contributed by atoms with E-state index in [4.69, 9.17) is 19.2 Å². The first-order valence-corrected chi connectivity index (χ1v) is 11.0. The zero-order valence-electron chi connectivity index (χ0n) is 18.3. The van der Waals surface area contributed by atoms with Crippen LogP contribution in [0.1, 0.15) is 44.6 Å². The third-order valence-electron chi connectivity index (χ3n) is 5.50. The quantitative estimate of drug-likeness (QED) is 0.216. The maximum atomic E-state index is 5.95. The van der Waals surface area contributed by atoms with Crippen molar-refractivity contribution in [2.24, 2.45) is 10.9 Å². The Kier molecular flexibility index (Phi) is 11.8. The van der Waals surface area contributed by atoms with E-state index in [0.29, 0.717) is 31.8 Å².